The van der Waals surface area contributed by atoms with E-state index in [1.807, 2.05) is 6.07 Å². The molecule has 0 aromatic heterocycles. The fraction of sp³-hybridized carbons (Fsp3) is 0.250. The van der Waals surface area contributed by atoms with E-state index in [-0.39, 0.29) is 0 Å². The average Bonchev–Trinajstić information content (AvgIpc) is 2.14. The summed E-state index contributed by atoms with van der Waals surface area (Å²) in [5, 5.41) is 0.885. The summed E-state index contributed by atoms with van der Waals surface area (Å²) in [6, 6.07) is 3.56. The summed E-state index contributed by atoms with van der Waals surface area (Å²) in [6.07, 6.45) is 0. The van der Waals surface area contributed by atoms with E-state index >= 15 is 0 Å². The lowest BCUT2D eigenvalue weighted by atomic mass is 10.2. The zero-order valence-corrected chi connectivity index (χ0v) is 8.62. The van der Waals surface area contributed by atoms with Gasteiger partial charge in [-0.05, 0) is 11.6 Å². The molecular formula is C8H10Cl2N2O. The first kappa shape index (κ1) is 10.6. The molecule has 0 aliphatic heterocycles. The summed E-state index contributed by atoms with van der Waals surface area (Å²) in [5.74, 6) is 5.73. The van der Waals surface area contributed by atoms with Crippen molar-refractivity contribution in [3.05, 3.63) is 27.7 Å². The van der Waals surface area contributed by atoms with Crippen LogP contribution in [0.15, 0.2) is 12.1 Å². The monoisotopic (exact) mass is 220 g/mol. The first-order valence-electron chi connectivity index (χ1n) is 3.65. The van der Waals surface area contributed by atoms with Gasteiger partial charge in [0.15, 0.2) is 0 Å². The number of hydrogen-bond acceptors (Lipinski definition) is 3. The SMILES string of the molecule is COc1ccc(CNN)c(Cl)c1Cl. The van der Waals surface area contributed by atoms with E-state index in [4.69, 9.17) is 33.8 Å². The van der Waals surface area contributed by atoms with Gasteiger partial charge in [0.1, 0.15) is 10.8 Å². The third-order valence-electron chi connectivity index (χ3n) is 1.64. The molecule has 0 aliphatic rings. The molecular weight excluding hydrogens is 211 g/mol. The summed E-state index contributed by atoms with van der Waals surface area (Å²) in [5.41, 5.74) is 3.35. The molecule has 3 N–H and O–H groups in total. The van der Waals surface area contributed by atoms with Crippen LogP contribution in [-0.2, 0) is 6.54 Å². The van der Waals surface area contributed by atoms with Crippen LogP contribution in [-0.4, -0.2) is 7.11 Å². The topological polar surface area (TPSA) is 47.3 Å². The smallest absolute Gasteiger partial charge is 0.138 e. The zero-order valence-electron chi connectivity index (χ0n) is 7.10. The van der Waals surface area contributed by atoms with E-state index in [0.717, 1.165) is 5.56 Å². The molecule has 3 nitrogen and oxygen atoms in total. The number of nitrogens with two attached hydrogens (primary N) is 1. The second-order valence-electron chi connectivity index (χ2n) is 2.44. The highest BCUT2D eigenvalue weighted by Gasteiger charge is 2.09. The van der Waals surface area contributed by atoms with Gasteiger partial charge in [0, 0.05) is 6.54 Å². The van der Waals surface area contributed by atoms with Crippen LogP contribution in [0.1, 0.15) is 5.56 Å². The van der Waals surface area contributed by atoms with Gasteiger partial charge in [0.05, 0.1) is 12.1 Å². The maximum atomic E-state index is 5.95. The highest BCUT2D eigenvalue weighted by molar-refractivity contribution is 6.43. The molecule has 0 aliphatic carbocycles. The first-order chi connectivity index (χ1) is 6.20. The molecule has 0 unspecified atom stereocenters. The maximum absolute atomic E-state index is 5.95. The summed E-state index contributed by atoms with van der Waals surface area (Å²) in [7, 11) is 1.54. The Kier molecular flexibility index (Phi) is 3.81. The van der Waals surface area contributed by atoms with E-state index in [9.17, 15) is 0 Å². The van der Waals surface area contributed by atoms with Gasteiger partial charge in [-0.15, -0.1) is 0 Å². The fourth-order valence-corrected chi connectivity index (χ4v) is 1.46. The van der Waals surface area contributed by atoms with Crippen LogP contribution in [0.2, 0.25) is 10.0 Å². The quantitative estimate of drug-likeness (QED) is 0.605. The van der Waals surface area contributed by atoms with Crippen molar-refractivity contribution < 1.29 is 4.74 Å². The van der Waals surface area contributed by atoms with E-state index in [1.54, 1.807) is 13.2 Å². The Bertz CT molecular complexity index is 304. The largest absolute Gasteiger partial charge is 0.495 e. The van der Waals surface area contributed by atoms with E-state index in [0.29, 0.717) is 22.3 Å². The van der Waals surface area contributed by atoms with Crippen LogP contribution in [0, 0.1) is 0 Å². The van der Waals surface area contributed by atoms with Gasteiger partial charge in [-0.1, -0.05) is 29.3 Å². The van der Waals surface area contributed by atoms with Gasteiger partial charge in [0.25, 0.3) is 0 Å². The van der Waals surface area contributed by atoms with Gasteiger partial charge in [0.2, 0.25) is 0 Å². The van der Waals surface area contributed by atoms with Gasteiger partial charge < -0.3 is 4.74 Å². The number of halogens is 2. The molecule has 1 aromatic carbocycles. The fourth-order valence-electron chi connectivity index (χ4n) is 0.976. The first-order valence-corrected chi connectivity index (χ1v) is 4.40. The van der Waals surface area contributed by atoms with Crippen molar-refractivity contribution in [3.63, 3.8) is 0 Å². The maximum Gasteiger partial charge on any atom is 0.138 e. The molecule has 0 heterocycles. The Balaban J connectivity index is 3.07. The highest BCUT2D eigenvalue weighted by Crippen LogP contribution is 2.34. The third kappa shape index (κ3) is 2.25. The molecule has 72 valence electrons. The van der Waals surface area contributed by atoms with Gasteiger partial charge >= 0.3 is 0 Å². The van der Waals surface area contributed by atoms with Crippen LogP contribution >= 0.6 is 23.2 Å². The Morgan fingerprint density at radius 1 is 1.38 bits per heavy atom. The Morgan fingerprint density at radius 2 is 2.08 bits per heavy atom. The van der Waals surface area contributed by atoms with Crippen molar-refractivity contribution in [2.24, 2.45) is 5.84 Å². The number of rotatable bonds is 3. The van der Waals surface area contributed by atoms with Gasteiger partial charge in [-0.2, -0.15) is 0 Å². The van der Waals surface area contributed by atoms with E-state index in [2.05, 4.69) is 5.43 Å². The molecule has 0 saturated heterocycles. The van der Waals surface area contributed by atoms with Crippen LogP contribution in [0.25, 0.3) is 0 Å². The number of methoxy groups -OCH3 is 1. The minimum absolute atomic E-state index is 0.414. The second-order valence-corrected chi connectivity index (χ2v) is 3.19. The van der Waals surface area contributed by atoms with E-state index in [1.165, 1.54) is 0 Å². The molecule has 5 heteroatoms. The highest BCUT2D eigenvalue weighted by atomic mass is 35.5. The van der Waals surface area contributed by atoms with Gasteiger partial charge in [-0.25, -0.2) is 0 Å². The lowest BCUT2D eigenvalue weighted by Gasteiger charge is -2.08. The molecule has 13 heavy (non-hydrogen) atoms. The lowest BCUT2D eigenvalue weighted by molar-refractivity contribution is 0.415. The standard InChI is InChI=1S/C8H10Cl2N2O/c1-13-6-3-2-5(4-12-11)7(9)8(6)10/h2-3,12H,4,11H2,1H3. The molecule has 0 spiro atoms. The van der Waals surface area contributed by atoms with Crippen molar-refractivity contribution in [1.29, 1.82) is 0 Å². The average molecular weight is 221 g/mol. The predicted octanol–water partition coefficient (Wildman–Crippen LogP) is 1.97. The molecule has 0 bridgehead atoms. The zero-order chi connectivity index (χ0) is 9.84. The molecule has 0 amide bonds. The number of ether oxygens (including phenoxy) is 1. The molecule has 1 aromatic rings. The number of benzene rings is 1. The lowest BCUT2D eigenvalue weighted by Crippen LogP contribution is -2.21. The Hall–Kier alpha value is -0.480. The van der Waals surface area contributed by atoms with Gasteiger partial charge in [-0.3, -0.25) is 11.3 Å². The van der Waals surface area contributed by atoms with E-state index < -0.39 is 0 Å². The van der Waals surface area contributed by atoms with Crippen LogP contribution < -0.4 is 16.0 Å². The van der Waals surface area contributed by atoms with Crippen LogP contribution in [0.4, 0.5) is 0 Å². The second kappa shape index (κ2) is 4.67. The summed E-state index contributed by atoms with van der Waals surface area (Å²) in [6.45, 7) is 0.475. The molecule has 0 atom stereocenters. The normalized spacial score (nSPS) is 10.2. The molecule has 1 rings (SSSR count). The predicted molar refractivity (Wildman–Crippen MR) is 54.0 cm³/mol. The van der Waals surface area contributed by atoms with Crippen molar-refractivity contribution in [3.8, 4) is 5.75 Å². The third-order valence-corrected chi connectivity index (χ3v) is 2.54. The Labute approximate surface area is 86.7 Å². The Morgan fingerprint density at radius 3 is 2.62 bits per heavy atom. The minimum atomic E-state index is 0.414. The van der Waals surface area contributed by atoms with Crippen LogP contribution in [0.3, 0.4) is 0 Å². The van der Waals surface area contributed by atoms with Crippen molar-refractivity contribution in [2.45, 2.75) is 6.54 Å². The summed E-state index contributed by atoms with van der Waals surface area (Å²) in [4.78, 5) is 0. The summed E-state index contributed by atoms with van der Waals surface area (Å²) < 4.78 is 4.99. The number of hydrazine groups is 1. The van der Waals surface area contributed by atoms with Crippen molar-refractivity contribution in [2.75, 3.05) is 7.11 Å². The van der Waals surface area contributed by atoms with Crippen LogP contribution in [0.5, 0.6) is 5.75 Å². The number of hydrogen-bond donors (Lipinski definition) is 2. The van der Waals surface area contributed by atoms with Crippen molar-refractivity contribution in [1.82, 2.24) is 5.43 Å². The number of nitrogens with one attached hydrogen (secondary N) is 1. The molecule has 0 radical (unpaired) electrons. The minimum Gasteiger partial charge on any atom is -0.495 e. The van der Waals surface area contributed by atoms with Crippen molar-refractivity contribution >= 4 is 23.2 Å². The molecule has 0 saturated carbocycles. The molecule has 0 fully saturated rings. The summed E-state index contributed by atoms with van der Waals surface area (Å²) >= 11 is 11.9.